The van der Waals surface area contributed by atoms with Crippen LogP contribution in [0.2, 0.25) is 0 Å². The van der Waals surface area contributed by atoms with Crippen LogP contribution >= 0.6 is 0 Å². The number of phenols is 2. The van der Waals surface area contributed by atoms with Crippen LogP contribution in [0.5, 0.6) is 11.5 Å². The van der Waals surface area contributed by atoms with E-state index in [0.717, 1.165) is 11.1 Å². The van der Waals surface area contributed by atoms with E-state index in [0.29, 0.717) is 27.5 Å². The van der Waals surface area contributed by atoms with Crippen molar-refractivity contribution in [1.29, 1.82) is 0 Å². The first-order valence-corrected chi connectivity index (χ1v) is 9.39. The predicted molar refractivity (Wildman–Crippen MR) is 116 cm³/mol. The normalized spacial score (nSPS) is 14.2. The molecule has 0 aromatic heterocycles. The quantitative estimate of drug-likeness (QED) is 0.299. The van der Waals surface area contributed by atoms with Crippen LogP contribution < -0.4 is 0 Å². The molecule has 3 rings (SSSR count). The van der Waals surface area contributed by atoms with Crippen molar-refractivity contribution in [3.63, 3.8) is 0 Å². The van der Waals surface area contributed by atoms with E-state index in [4.69, 9.17) is 0 Å². The average molecular weight is 360 g/mol. The molecule has 0 aliphatic heterocycles. The Labute approximate surface area is 161 Å². The standard InChI is InChI=1S/C25H28O2/c1-7-15(3)16(4)17-9-11-19-21(13-17)23(26)20-12-10-18(25(5,6)8-2)14-22(20)24(19)27/h7-16,26-27H,1-2H2,3-6H3. The second-order valence-corrected chi connectivity index (χ2v) is 8.07. The molecule has 0 saturated heterocycles. The Kier molecular flexibility index (Phi) is 4.77. The van der Waals surface area contributed by atoms with Crippen molar-refractivity contribution in [2.75, 3.05) is 0 Å². The van der Waals surface area contributed by atoms with E-state index >= 15 is 0 Å². The number of hydrogen-bond acceptors (Lipinski definition) is 2. The van der Waals surface area contributed by atoms with Gasteiger partial charge < -0.3 is 10.2 Å². The molecule has 0 radical (unpaired) electrons. The molecule has 0 spiro atoms. The number of phenolic OH excluding ortho intramolecular Hbond substituents is 2. The van der Waals surface area contributed by atoms with Crippen molar-refractivity contribution in [3.05, 3.63) is 72.8 Å². The van der Waals surface area contributed by atoms with E-state index < -0.39 is 0 Å². The Morgan fingerprint density at radius 1 is 0.852 bits per heavy atom. The van der Waals surface area contributed by atoms with Crippen molar-refractivity contribution in [2.45, 2.75) is 39.0 Å². The van der Waals surface area contributed by atoms with Gasteiger partial charge in [-0.1, -0.05) is 64.1 Å². The van der Waals surface area contributed by atoms with Crippen molar-refractivity contribution < 1.29 is 10.2 Å². The number of allylic oxidation sites excluding steroid dienone is 2. The fraction of sp³-hybridized carbons (Fsp3) is 0.280. The Morgan fingerprint density at radius 2 is 1.41 bits per heavy atom. The van der Waals surface area contributed by atoms with Gasteiger partial charge in [0, 0.05) is 27.0 Å². The molecule has 0 amide bonds. The highest BCUT2D eigenvalue weighted by Crippen LogP contribution is 2.44. The zero-order valence-corrected chi connectivity index (χ0v) is 16.6. The lowest BCUT2D eigenvalue weighted by Gasteiger charge is -2.22. The molecule has 0 saturated carbocycles. The molecule has 3 aromatic carbocycles. The van der Waals surface area contributed by atoms with Crippen LogP contribution in [-0.4, -0.2) is 10.2 Å². The number of aromatic hydroxyl groups is 2. The maximum absolute atomic E-state index is 10.9. The molecule has 2 unspecified atom stereocenters. The van der Waals surface area contributed by atoms with Crippen LogP contribution in [-0.2, 0) is 5.41 Å². The van der Waals surface area contributed by atoms with Crippen LogP contribution in [0.3, 0.4) is 0 Å². The summed E-state index contributed by atoms with van der Waals surface area (Å²) in [4.78, 5) is 0. The minimum Gasteiger partial charge on any atom is -0.507 e. The van der Waals surface area contributed by atoms with E-state index in [1.165, 1.54) is 0 Å². The Bertz CT molecular complexity index is 1040. The highest BCUT2D eigenvalue weighted by Gasteiger charge is 2.20. The van der Waals surface area contributed by atoms with Crippen molar-refractivity contribution >= 4 is 21.5 Å². The molecule has 0 bridgehead atoms. The number of benzene rings is 3. The average Bonchev–Trinajstić information content (AvgIpc) is 2.69. The zero-order valence-electron chi connectivity index (χ0n) is 16.6. The summed E-state index contributed by atoms with van der Waals surface area (Å²) in [6, 6.07) is 11.7. The van der Waals surface area contributed by atoms with Crippen molar-refractivity contribution in [1.82, 2.24) is 0 Å². The summed E-state index contributed by atoms with van der Waals surface area (Å²) in [6.07, 6.45) is 3.83. The van der Waals surface area contributed by atoms with Gasteiger partial charge in [-0.3, -0.25) is 0 Å². The van der Waals surface area contributed by atoms with E-state index in [-0.39, 0.29) is 22.8 Å². The summed E-state index contributed by atoms with van der Waals surface area (Å²) in [5.74, 6) is 1.01. The largest absolute Gasteiger partial charge is 0.507 e. The lowest BCUT2D eigenvalue weighted by molar-refractivity contribution is 0.478. The third kappa shape index (κ3) is 3.10. The van der Waals surface area contributed by atoms with Gasteiger partial charge >= 0.3 is 0 Å². The summed E-state index contributed by atoms with van der Waals surface area (Å²) in [6.45, 7) is 16.2. The molecule has 0 aliphatic carbocycles. The topological polar surface area (TPSA) is 40.5 Å². The SMILES string of the molecule is C=CC(C)C(C)c1ccc2c(O)c3cc(C(C)(C)C=C)ccc3c(O)c2c1. The first-order chi connectivity index (χ1) is 12.7. The Hall–Kier alpha value is -2.74. The zero-order chi connectivity index (χ0) is 19.9. The van der Waals surface area contributed by atoms with Gasteiger partial charge in [0.1, 0.15) is 11.5 Å². The van der Waals surface area contributed by atoms with Crippen molar-refractivity contribution in [3.8, 4) is 11.5 Å². The molecule has 0 fully saturated rings. The molecule has 0 aliphatic rings. The van der Waals surface area contributed by atoms with E-state index in [9.17, 15) is 10.2 Å². The fourth-order valence-corrected chi connectivity index (χ4v) is 3.51. The van der Waals surface area contributed by atoms with Gasteiger partial charge in [-0.15, -0.1) is 13.2 Å². The number of rotatable bonds is 5. The van der Waals surface area contributed by atoms with Gasteiger partial charge in [-0.05, 0) is 35.1 Å². The molecule has 2 nitrogen and oxygen atoms in total. The van der Waals surface area contributed by atoms with Crippen LogP contribution in [0.1, 0.15) is 44.7 Å². The fourth-order valence-electron chi connectivity index (χ4n) is 3.51. The lowest BCUT2D eigenvalue weighted by atomic mass is 9.83. The number of hydrogen-bond donors (Lipinski definition) is 2. The maximum Gasteiger partial charge on any atom is 0.131 e. The van der Waals surface area contributed by atoms with Gasteiger partial charge in [-0.2, -0.15) is 0 Å². The summed E-state index contributed by atoms with van der Waals surface area (Å²) in [5, 5.41) is 24.5. The molecule has 2 atom stereocenters. The first kappa shape index (κ1) is 19.0. The molecule has 2 N–H and O–H groups in total. The lowest BCUT2D eigenvalue weighted by Crippen LogP contribution is -2.12. The molecule has 3 aromatic rings. The highest BCUT2D eigenvalue weighted by atomic mass is 16.3. The van der Waals surface area contributed by atoms with Gasteiger partial charge in [0.2, 0.25) is 0 Å². The minimum absolute atomic E-state index is 0.204. The van der Waals surface area contributed by atoms with E-state index in [1.54, 1.807) is 0 Å². The first-order valence-electron chi connectivity index (χ1n) is 9.39. The third-order valence-corrected chi connectivity index (χ3v) is 6.02. The van der Waals surface area contributed by atoms with Gasteiger partial charge in [0.25, 0.3) is 0 Å². The summed E-state index contributed by atoms with van der Waals surface area (Å²) in [5.41, 5.74) is 1.95. The second-order valence-electron chi connectivity index (χ2n) is 8.07. The Balaban J connectivity index is 2.28. The summed E-state index contributed by atoms with van der Waals surface area (Å²) >= 11 is 0. The molecule has 0 heterocycles. The maximum atomic E-state index is 10.9. The van der Waals surface area contributed by atoms with Gasteiger partial charge in [0.15, 0.2) is 0 Å². The van der Waals surface area contributed by atoms with E-state index in [2.05, 4.69) is 40.9 Å². The van der Waals surface area contributed by atoms with Crippen LogP contribution in [0.25, 0.3) is 21.5 Å². The van der Waals surface area contributed by atoms with Gasteiger partial charge in [0.05, 0.1) is 0 Å². The summed E-state index contributed by atoms with van der Waals surface area (Å²) in [7, 11) is 0. The van der Waals surface area contributed by atoms with Gasteiger partial charge in [-0.25, -0.2) is 0 Å². The monoisotopic (exact) mass is 360 g/mol. The second kappa shape index (κ2) is 6.77. The molecular formula is C25H28O2. The minimum atomic E-state index is -0.217. The molecular weight excluding hydrogens is 332 g/mol. The van der Waals surface area contributed by atoms with E-state index in [1.807, 2.05) is 48.6 Å². The summed E-state index contributed by atoms with van der Waals surface area (Å²) < 4.78 is 0. The van der Waals surface area contributed by atoms with Crippen molar-refractivity contribution in [2.24, 2.45) is 5.92 Å². The highest BCUT2D eigenvalue weighted by molar-refractivity contribution is 6.10. The van der Waals surface area contributed by atoms with Crippen LogP contribution in [0, 0.1) is 5.92 Å². The predicted octanol–water partition coefficient (Wildman–Crippen LogP) is 6.79. The Morgan fingerprint density at radius 3 is 1.96 bits per heavy atom. The third-order valence-electron chi connectivity index (χ3n) is 6.02. The smallest absolute Gasteiger partial charge is 0.131 e. The van der Waals surface area contributed by atoms with Crippen LogP contribution in [0.4, 0.5) is 0 Å². The molecule has 140 valence electrons. The van der Waals surface area contributed by atoms with Crippen LogP contribution in [0.15, 0.2) is 61.7 Å². The number of fused-ring (bicyclic) bond motifs is 2. The molecule has 2 heteroatoms. The molecule has 27 heavy (non-hydrogen) atoms.